The first-order valence-electron chi connectivity index (χ1n) is 15.8. The molecule has 2 unspecified atom stereocenters. The number of aryl methyl sites for hydroxylation is 1. The number of benzene rings is 3. The Morgan fingerprint density at radius 3 is 2.47 bits per heavy atom. The van der Waals surface area contributed by atoms with Crippen molar-refractivity contribution in [2.45, 2.75) is 77.7 Å². The van der Waals surface area contributed by atoms with Crippen molar-refractivity contribution in [1.29, 1.82) is 0 Å². The lowest BCUT2D eigenvalue weighted by atomic mass is 9.92. The summed E-state index contributed by atoms with van der Waals surface area (Å²) < 4.78 is 1.94. The highest BCUT2D eigenvalue weighted by Gasteiger charge is 2.35. The van der Waals surface area contributed by atoms with E-state index in [9.17, 15) is 9.59 Å². The van der Waals surface area contributed by atoms with E-state index >= 15 is 0 Å². The Kier molecular flexibility index (Phi) is 8.89. The molecule has 2 aliphatic heterocycles. The van der Waals surface area contributed by atoms with Gasteiger partial charge in [0.15, 0.2) is 0 Å². The van der Waals surface area contributed by atoms with Crippen LogP contribution in [0.5, 0.6) is 0 Å². The maximum Gasteiger partial charge on any atom is 0.229 e. The maximum atomic E-state index is 14.1. The van der Waals surface area contributed by atoms with Crippen molar-refractivity contribution < 1.29 is 9.59 Å². The third-order valence-electron chi connectivity index (χ3n) is 9.18. The SMILES string of the molecule is CC(C)C(=O)N1CCC2CCCC(CN(C(=O)CCn3ncc4ccccc43)Cc3ccccc31)N2Cc1ccccc1. The monoisotopic (exact) mass is 577 g/mol. The van der Waals surface area contributed by atoms with Crippen LogP contribution in [0.3, 0.4) is 0 Å². The molecule has 224 valence electrons. The van der Waals surface area contributed by atoms with Crippen LogP contribution >= 0.6 is 0 Å². The molecular formula is C36H43N5O2. The zero-order valence-corrected chi connectivity index (χ0v) is 25.4. The third kappa shape index (κ3) is 6.52. The van der Waals surface area contributed by atoms with Crippen molar-refractivity contribution in [2.24, 2.45) is 5.92 Å². The number of carbonyl (C=O) groups is 2. The van der Waals surface area contributed by atoms with E-state index in [0.29, 0.717) is 38.6 Å². The molecule has 43 heavy (non-hydrogen) atoms. The Labute approximate surface area is 255 Å². The molecule has 0 aliphatic carbocycles. The predicted molar refractivity (Wildman–Crippen MR) is 171 cm³/mol. The molecule has 0 N–H and O–H groups in total. The first-order chi connectivity index (χ1) is 21.0. The van der Waals surface area contributed by atoms with Crippen LogP contribution in [-0.2, 0) is 29.2 Å². The highest BCUT2D eigenvalue weighted by atomic mass is 16.2. The predicted octanol–water partition coefficient (Wildman–Crippen LogP) is 6.27. The fourth-order valence-corrected chi connectivity index (χ4v) is 6.90. The number of hydrogen-bond acceptors (Lipinski definition) is 4. The summed E-state index contributed by atoms with van der Waals surface area (Å²) in [6.07, 6.45) is 6.45. The fourth-order valence-electron chi connectivity index (χ4n) is 6.90. The van der Waals surface area contributed by atoms with Gasteiger partial charge in [-0.1, -0.05) is 87.0 Å². The van der Waals surface area contributed by atoms with Crippen LogP contribution in [0.15, 0.2) is 85.1 Å². The van der Waals surface area contributed by atoms with Gasteiger partial charge in [-0.15, -0.1) is 0 Å². The van der Waals surface area contributed by atoms with Crippen molar-refractivity contribution in [3.63, 3.8) is 0 Å². The van der Waals surface area contributed by atoms with E-state index in [0.717, 1.165) is 54.4 Å². The third-order valence-corrected chi connectivity index (χ3v) is 9.18. The number of rotatable bonds is 6. The molecule has 3 heterocycles. The highest BCUT2D eigenvalue weighted by Crippen LogP contribution is 2.32. The van der Waals surface area contributed by atoms with E-state index in [1.807, 2.05) is 53.9 Å². The van der Waals surface area contributed by atoms with E-state index in [4.69, 9.17) is 0 Å². The molecule has 7 nitrogen and oxygen atoms in total. The molecule has 1 saturated heterocycles. The summed E-state index contributed by atoms with van der Waals surface area (Å²) in [6, 6.07) is 27.6. The smallest absolute Gasteiger partial charge is 0.229 e. The number of amides is 2. The molecule has 2 aliphatic rings. The van der Waals surface area contributed by atoms with Gasteiger partial charge in [-0.3, -0.25) is 19.2 Å². The molecule has 2 atom stereocenters. The number of fused-ring (bicyclic) bond motifs is 4. The van der Waals surface area contributed by atoms with Gasteiger partial charge in [0, 0.05) is 61.7 Å². The Balaban J connectivity index is 1.34. The number of anilines is 1. The summed E-state index contributed by atoms with van der Waals surface area (Å²) in [5.74, 6) is 0.147. The maximum absolute atomic E-state index is 14.1. The molecule has 1 aromatic heterocycles. The number of aromatic nitrogens is 2. The summed E-state index contributed by atoms with van der Waals surface area (Å²) in [4.78, 5) is 34.4. The lowest BCUT2D eigenvalue weighted by Gasteiger charge is -2.44. The normalized spacial score (nSPS) is 19.7. The van der Waals surface area contributed by atoms with Gasteiger partial charge in [-0.05, 0) is 42.5 Å². The molecule has 1 fully saturated rings. The number of carbonyl (C=O) groups excluding carboxylic acids is 2. The molecule has 0 spiro atoms. The second kappa shape index (κ2) is 13.1. The number of piperidine rings is 1. The molecule has 3 aromatic carbocycles. The molecule has 2 bridgehead atoms. The van der Waals surface area contributed by atoms with Gasteiger partial charge >= 0.3 is 0 Å². The second-order valence-electron chi connectivity index (χ2n) is 12.4. The van der Waals surface area contributed by atoms with Gasteiger partial charge in [-0.25, -0.2) is 0 Å². The van der Waals surface area contributed by atoms with E-state index in [-0.39, 0.29) is 23.8 Å². The Morgan fingerprint density at radius 1 is 0.884 bits per heavy atom. The molecule has 2 amide bonds. The number of para-hydroxylation sites is 2. The minimum atomic E-state index is -0.112. The minimum absolute atomic E-state index is 0.112. The molecular weight excluding hydrogens is 534 g/mol. The first-order valence-corrected chi connectivity index (χ1v) is 15.8. The summed E-state index contributed by atoms with van der Waals surface area (Å²) in [7, 11) is 0. The summed E-state index contributed by atoms with van der Waals surface area (Å²) in [5, 5.41) is 5.65. The highest BCUT2D eigenvalue weighted by molar-refractivity contribution is 5.95. The van der Waals surface area contributed by atoms with Crippen molar-refractivity contribution >= 4 is 28.4 Å². The van der Waals surface area contributed by atoms with Gasteiger partial charge < -0.3 is 9.80 Å². The second-order valence-corrected chi connectivity index (χ2v) is 12.4. The van der Waals surface area contributed by atoms with Crippen LogP contribution in [0.2, 0.25) is 0 Å². The lowest BCUT2D eigenvalue weighted by Crippen LogP contribution is -2.52. The molecule has 4 aromatic rings. The zero-order chi connectivity index (χ0) is 29.8. The van der Waals surface area contributed by atoms with Gasteiger partial charge in [-0.2, -0.15) is 5.10 Å². The minimum Gasteiger partial charge on any atom is -0.337 e. The zero-order valence-electron chi connectivity index (χ0n) is 25.4. The first kappa shape index (κ1) is 29.1. The lowest BCUT2D eigenvalue weighted by molar-refractivity contribution is -0.133. The van der Waals surface area contributed by atoms with E-state index in [1.54, 1.807) is 0 Å². The van der Waals surface area contributed by atoms with Gasteiger partial charge in [0.25, 0.3) is 0 Å². The summed E-state index contributed by atoms with van der Waals surface area (Å²) in [5.41, 5.74) is 4.30. The van der Waals surface area contributed by atoms with Crippen molar-refractivity contribution in [2.75, 3.05) is 18.0 Å². The van der Waals surface area contributed by atoms with Crippen molar-refractivity contribution in [3.8, 4) is 0 Å². The van der Waals surface area contributed by atoms with Crippen LogP contribution < -0.4 is 4.90 Å². The van der Waals surface area contributed by atoms with E-state index < -0.39 is 0 Å². The van der Waals surface area contributed by atoms with Gasteiger partial charge in [0.2, 0.25) is 11.8 Å². The summed E-state index contributed by atoms with van der Waals surface area (Å²) >= 11 is 0. The van der Waals surface area contributed by atoms with E-state index in [1.165, 1.54) is 5.56 Å². The van der Waals surface area contributed by atoms with Crippen molar-refractivity contribution in [1.82, 2.24) is 19.6 Å². The number of nitrogens with zero attached hydrogens (tertiary/aromatic N) is 5. The van der Waals surface area contributed by atoms with Crippen molar-refractivity contribution in [3.05, 3.63) is 96.2 Å². The largest absolute Gasteiger partial charge is 0.337 e. The van der Waals surface area contributed by atoms with Crippen LogP contribution in [0.1, 0.15) is 57.1 Å². The van der Waals surface area contributed by atoms with Crippen LogP contribution in [0.4, 0.5) is 5.69 Å². The van der Waals surface area contributed by atoms with Crippen LogP contribution in [0.25, 0.3) is 10.9 Å². The standard InChI is InChI=1S/C36H43N5O2/c1-27(2)36(43)39-21-19-31-15-10-16-32(40(31)24-28-11-4-3-5-12-28)26-38(25-30-14-7-8-17-33(30)39)35(42)20-22-41-34-18-9-6-13-29(34)23-37-41/h3-9,11-14,17-18,23,27,31-32H,10,15-16,19-22,24-26H2,1-2H3. The average molecular weight is 578 g/mol. The molecule has 0 saturated carbocycles. The Morgan fingerprint density at radius 2 is 1.63 bits per heavy atom. The van der Waals surface area contributed by atoms with Crippen LogP contribution in [-0.4, -0.2) is 56.6 Å². The average Bonchev–Trinajstić information content (AvgIpc) is 3.44. The van der Waals surface area contributed by atoms with Gasteiger partial charge in [0.05, 0.1) is 18.3 Å². The molecule has 0 radical (unpaired) electrons. The number of hydrogen-bond donors (Lipinski definition) is 0. The topological polar surface area (TPSA) is 61.7 Å². The summed E-state index contributed by atoms with van der Waals surface area (Å²) in [6.45, 7) is 7.17. The molecule has 7 heteroatoms. The quantitative estimate of drug-likeness (QED) is 0.271. The van der Waals surface area contributed by atoms with Gasteiger partial charge in [0.1, 0.15) is 0 Å². The fraction of sp³-hybridized carbons (Fsp3) is 0.417. The Hall–Kier alpha value is -3.97. The van der Waals surface area contributed by atoms with E-state index in [2.05, 4.69) is 69.5 Å². The molecule has 6 rings (SSSR count). The van der Waals surface area contributed by atoms with Crippen LogP contribution in [0, 0.1) is 5.92 Å². The Bertz CT molecular complexity index is 1550.